The van der Waals surface area contributed by atoms with Gasteiger partial charge in [0.1, 0.15) is 11.5 Å². The summed E-state index contributed by atoms with van der Waals surface area (Å²) < 4.78 is 185. The first-order chi connectivity index (χ1) is 20.6. The van der Waals surface area contributed by atoms with Crippen molar-refractivity contribution in [1.82, 2.24) is 0 Å². The minimum Gasteiger partial charge on any atom is -0.457 e. The summed E-state index contributed by atoms with van der Waals surface area (Å²) in [5.74, 6) is -3.63. The minimum atomic E-state index is -6.15. The van der Waals surface area contributed by atoms with Gasteiger partial charge in [0.15, 0.2) is 5.90 Å². The molecule has 0 atom stereocenters. The van der Waals surface area contributed by atoms with E-state index < -0.39 is 81.7 Å². The number of aliphatic imine (C=N–C) groups is 2. The van der Waals surface area contributed by atoms with Gasteiger partial charge >= 0.3 is 35.9 Å². The van der Waals surface area contributed by atoms with Crippen molar-refractivity contribution in [2.75, 3.05) is 0 Å². The van der Waals surface area contributed by atoms with Crippen LogP contribution in [0.3, 0.4) is 0 Å². The number of fused-ring (bicyclic) bond motifs is 2. The Bertz CT molecular complexity index is 1670. The number of aryl methyl sites for hydroxylation is 1. The number of alkyl halides is 12. The Morgan fingerprint density at radius 3 is 1.42 bits per heavy atom. The van der Waals surface area contributed by atoms with Crippen LogP contribution in [0.2, 0.25) is 0 Å². The van der Waals surface area contributed by atoms with Crippen molar-refractivity contribution in [3.63, 3.8) is 0 Å². The topological polar surface area (TPSA) is 52.4 Å². The molecule has 0 spiro atoms. The van der Waals surface area contributed by atoms with Crippen LogP contribution in [0.25, 0.3) is 0 Å². The number of rotatable bonds is 3. The van der Waals surface area contributed by atoms with Gasteiger partial charge in [-0.3, -0.25) is 0 Å². The van der Waals surface area contributed by atoms with Gasteiger partial charge in [-0.25, -0.2) is 9.98 Å². The second-order valence-corrected chi connectivity index (χ2v) is 9.93. The molecule has 0 saturated carbocycles. The van der Waals surface area contributed by atoms with E-state index in [1.807, 2.05) is 0 Å². The van der Waals surface area contributed by atoms with Crippen molar-refractivity contribution in [2.24, 2.45) is 9.98 Å². The lowest BCUT2D eigenvalue weighted by Gasteiger charge is -2.40. The van der Waals surface area contributed by atoms with Crippen LogP contribution < -0.4 is 4.74 Å². The van der Waals surface area contributed by atoms with E-state index in [1.54, 1.807) is 6.92 Å². The van der Waals surface area contributed by atoms with Crippen LogP contribution in [0, 0.1) is 6.92 Å². The van der Waals surface area contributed by atoms with E-state index in [-0.39, 0.29) is 17.7 Å². The van der Waals surface area contributed by atoms with E-state index in [4.69, 9.17) is 4.74 Å². The predicted molar refractivity (Wildman–Crippen MR) is 133 cm³/mol. The van der Waals surface area contributed by atoms with Crippen molar-refractivity contribution >= 4 is 23.2 Å². The largest absolute Gasteiger partial charge is 0.457 e. The number of hydrogen-bond acceptors (Lipinski definition) is 5. The smallest absolute Gasteiger partial charge is 0.442 e. The summed E-state index contributed by atoms with van der Waals surface area (Å²) in [7, 11) is 0. The van der Waals surface area contributed by atoms with Gasteiger partial charge in [-0.05, 0) is 55.5 Å². The second kappa shape index (κ2) is 10.0. The molecule has 0 radical (unpaired) electrons. The highest BCUT2D eigenvalue weighted by molar-refractivity contribution is 5.98. The molecule has 2 heterocycles. The Morgan fingerprint density at radius 1 is 0.556 bits per heavy atom. The van der Waals surface area contributed by atoms with Crippen LogP contribution in [0.1, 0.15) is 29.2 Å². The van der Waals surface area contributed by atoms with Crippen LogP contribution in [0.4, 0.5) is 64.1 Å². The van der Waals surface area contributed by atoms with Gasteiger partial charge in [0.05, 0.1) is 11.4 Å². The number of hydrogen-bond donors (Lipinski definition) is 0. The van der Waals surface area contributed by atoms with Crippen molar-refractivity contribution in [3.8, 4) is 11.5 Å². The third kappa shape index (κ3) is 5.01. The molecule has 0 N–H and O–H groups in total. The van der Waals surface area contributed by atoms with E-state index in [2.05, 4.69) is 19.5 Å². The Hall–Kier alpha value is -4.44. The average molecular weight is 656 g/mol. The summed E-state index contributed by atoms with van der Waals surface area (Å²) >= 11 is 0. The molecule has 0 fully saturated rings. The molecule has 2 aliphatic rings. The summed E-state index contributed by atoms with van der Waals surface area (Å²) in [5, 5.41) is 0. The molecule has 0 saturated heterocycles. The molecular weight excluding hydrogens is 640 g/mol. The minimum absolute atomic E-state index is 0.212. The lowest BCUT2D eigenvalue weighted by atomic mass is 9.88. The highest BCUT2D eigenvalue weighted by Gasteiger charge is 2.77. The zero-order valence-corrected chi connectivity index (χ0v) is 22.4. The summed E-state index contributed by atoms with van der Waals surface area (Å²) in [4.78, 5) is 7.35. The summed E-state index contributed by atoms with van der Waals surface area (Å²) in [5.41, 5.74) is -14.3. The Balaban J connectivity index is 1.66. The van der Waals surface area contributed by atoms with Gasteiger partial charge in [0, 0.05) is 23.6 Å². The first-order valence-corrected chi connectivity index (χ1v) is 12.4. The average Bonchev–Trinajstić information content (AvgIpc) is 2.90. The number of nitrogens with zero attached hydrogens (tertiary/aromatic N) is 2. The molecule has 3 aromatic carbocycles. The molecule has 2 aliphatic heterocycles. The molecule has 0 bridgehead atoms. The fraction of sp³-hybridized carbons (Fsp3) is 0.286. The molecule has 5 nitrogen and oxygen atoms in total. The van der Waals surface area contributed by atoms with Gasteiger partial charge in [-0.1, -0.05) is 17.7 Å². The van der Waals surface area contributed by atoms with Crippen molar-refractivity contribution in [3.05, 3.63) is 82.9 Å². The summed E-state index contributed by atoms with van der Waals surface area (Å²) in [6.07, 6.45) is -24.5. The Morgan fingerprint density at radius 2 is 0.978 bits per heavy atom. The van der Waals surface area contributed by atoms with Crippen molar-refractivity contribution in [1.29, 1.82) is 0 Å². The van der Waals surface area contributed by atoms with Crippen LogP contribution in [0.15, 0.2) is 70.6 Å². The van der Waals surface area contributed by atoms with Gasteiger partial charge in [-0.15, -0.1) is 0 Å². The maximum absolute atomic E-state index is 14.4. The summed E-state index contributed by atoms with van der Waals surface area (Å²) in [6, 6.07) is 8.72. The second-order valence-electron chi connectivity index (χ2n) is 9.93. The molecule has 0 aliphatic carbocycles. The molecule has 17 heteroatoms. The lowest BCUT2D eigenvalue weighted by molar-refractivity contribution is -0.371. The fourth-order valence-electron chi connectivity index (χ4n) is 4.84. The van der Waals surface area contributed by atoms with E-state index >= 15 is 0 Å². The van der Waals surface area contributed by atoms with E-state index in [9.17, 15) is 52.7 Å². The van der Waals surface area contributed by atoms with Crippen LogP contribution in [-0.2, 0) is 20.7 Å². The number of benzene rings is 3. The van der Waals surface area contributed by atoms with Crippen molar-refractivity contribution < 1.29 is 66.9 Å². The third-order valence-electron chi connectivity index (χ3n) is 6.88. The molecule has 0 amide bonds. The highest BCUT2D eigenvalue weighted by Crippen LogP contribution is 2.59. The standard InChI is InChI=1S/C28H16F12N2O3/c1-13-3-5-15(6-4-13)22-42-21-10-8-17(12-19(21)24(45-22,27(35,36)37)28(38,39)40)43-16-7-9-20-18(11-16)23(25(29,30)31,26(32,33)34)44-14(2)41-20/h3-12H,1-2H3. The Labute approximate surface area is 244 Å². The van der Waals surface area contributed by atoms with Gasteiger partial charge in [0.25, 0.3) is 0 Å². The molecule has 5 rings (SSSR count). The molecule has 240 valence electrons. The molecule has 0 aromatic heterocycles. The SMILES string of the molecule is CC1=Nc2ccc(Oc3ccc4c(c3)C(C(F)(F)F)(C(F)(F)F)OC(c3ccc(C)cc3)=N4)cc2C(C(F)(F)F)(C(F)(F)F)O1. The Kier molecular flexibility index (Phi) is 7.13. The quantitative estimate of drug-likeness (QED) is 0.264. The van der Waals surface area contributed by atoms with Crippen LogP contribution >= 0.6 is 0 Å². The lowest BCUT2D eigenvalue weighted by Crippen LogP contribution is -2.57. The van der Waals surface area contributed by atoms with Crippen LogP contribution in [-0.4, -0.2) is 36.5 Å². The predicted octanol–water partition coefficient (Wildman–Crippen LogP) is 9.62. The number of halogens is 12. The molecule has 0 unspecified atom stereocenters. The zero-order chi connectivity index (χ0) is 33.4. The van der Waals surface area contributed by atoms with E-state index in [1.165, 1.54) is 24.3 Å². The van der Waals surface area contributed by atoms with Gasteiger partial charge in [0.2, 0.25) is 5.90 Å². The molecule has 3 aromatic rings. The fourth-order valence-corrected chi connectivity index (χ4v) is 4.84. The maximum Gasteiger partial charge on any atom is 0.442 e. The van der Waals surface area contributed by atoms with Gasteiger partial charge < -0.3 is 14.2 Å². The molecular formula is C28H16F12N2O3. The van der Waals surface area contributed by atoms with E-state index in [0.717, 1.165) is 19.1 Å². The van der Waals surface area contributed by atoms with Crippen LogP contribution in [0.5, 0.6) is 11.5 Å². The first kappa shape index (κ1) is 32.0. The third-order valence-corrected chi connectivity index (χ3v) is 6.88. The molecule has 45 heavy (non-hydrogen) atoms. The normalized spacial score (nSPS) is 17.6. The van der Waals surface area contributed by atoms with E-state index in [0.29, 0.717) is 17.7 Å². The summed E-state index contributed by atoms with van der Waals surface area (Å²) in [6.45, 7) is 2.38. The first-order valence-electron chi connectivity index (χ1n) is 12.4. The van der Waals surface area contributed by atoms with Gasteiger partial charge in [-0.2, -0.15) is 52.7 Å². The highest BCUT2D eigenvalue weighted by atomic mass is 19.4. The monoisotopic (exact) mass is 656 g/mol. The maximum atomic E-state index is 14.4. The number of ether oxygens (including phenoxy) is 3. The zero-order valence-electron chi connectivity index (χ0n) is 22.4. The van der Waals surface area contributed by atoms with Crippen molar-refractivity contribution in [2.45, 2.75) is 49.8 Å².